The molecule has 0 N–H and O–H groups in total. The molecule has 0 saturated heterocycles. The standard InChI is InChI=1S/C8H5F2N3O2/c9-8(10)15-6-3-1-2-5(4-6)7(14)12-13-11/h1-4,8H. The summed E-state index contributed by atoms with van der Waals surface area (Å²) in [4.78, 5) is 13.3. The maximum absolute atomic E-state index is 11.8. The normalized spacial score (nSPS) is 9.53. The van der Waals surface area contributed by atoms with Crippen molar-refractivity contribution >= 4 is 5.91 Å². The van der Waals surface area contributed by atoms with Gasteiger partial charge in [-0.25, -0.2) is 0 Å². The first kappa shape index (κ1) is 10.9. The van der Waals surface area contributed by atoms with Gasteiger partial charge in [0.25, 0.3) is 0 Å². The van der Waals surface area contributed by atoms with E-state index in [0.29, 0.717) is 0 Å². The molecule has 1 aromatic rings. The number of amides is 1. The first-order valence-corrected chi connectivity index (χ1v) is 3.78. The maximum Gasteiger partial charge on any atom is 0.387 e. The van der Waals surface area contributed by atoms with Crippen LogP contribution < -0.4 is 4.74 Å². The molecule has 0 bridgehead atoms. The van der Waals surface area contributed by atoms with Gasteiger partial charge in [0.1, 0.15) is 5.75 Å². The lowest BCUT2D eigenvalue weighted by molar-refractivity contribution is -0.0498. The van der Waals surface area contributed by atoms with Crippen LogP contribution in [0.1, 0.15) is 10.4 Å². The molecule has 0 atom stereocenters. The number of halogens is 2. The number of alkyl halides is 2. The van der Waals surface area contributed by atoms with Gasteiger partial charge in [-0.3, -0.25) is 4.79 Å². The Morgan fingerprint density at radius 3 is 2.87 bits per heavy atom. The Bertz CT molecular complexity index is 416. The molecule has 0 aliphatic rings. The van der Waals surface area contributed by atoms with Crippen LogP contribution >= 0.6 is 0 Å². The fourth-order valence-corrected chi connectivity index (χ4v) is 0.904. The summed E-state index contributed by atoms with van der Waals surface area (Å²) in [7, 11) is 0. The van der Waals surface area contributed by atoms with Crippen LogP contribution in [0.4, 0.5) is 8.78 Å². The molecular formula is C8H5F2N3O2. The van der Waals surface area contributed by atoms with Gasteiger partial charge >= 0.3 is 6.61 Å². The number of azide groups is 1. The van der Waals surface area contributed by atoms with Crippen molar-refractivity contribution in [3.63, 3.8) is 0 Å². The van der Waals surface area contributed by atoms with Crippen molar-refractivity contribution in [1.29, 1.82) is 0 Å². The van der Waals surface area contributed by atoms with Crippen molar-refractivity contribution in [2.75, 3.05) is 0 Å². The molecule has 5 nitrogen and oxygen atoms in total. The van der Waals surface area contributed by atoms with E-state index in [1.54, 1.807) is 0 Å². The molecule has 1 amide bonds. The third-order valence-corrected chi connectivity index (χ3v) is 1.44. The SMILES string of the molecule is [N-]=[N+]=NC(=O)c1cccc(OC(F)F)c1. The third-order valence-electron chi connectivity index (χ3n) is 1.44. The highest BCUT2D eigenvalue weighted by molar-refractivity contribution is 5.95. The molecule has 15 heavy (non-hydrogen) atoms. The summed E-state index contributed by atoms with van der Waals surface area (Å²) in [6.45, 7) is -2.96. The van der Waals surface area contributed by atoms with Crippen LogP contribution in [0.2, 0.25) is 0 Å². The molecule has 78 valence electrons. The van der Waals surface area contributed by atoms with E-state index in [1.165, 1.54) is 18.2 Å². The minimum atomic E-state index is -2.96. The summed E-state index contributed by atoms with van der Waals surface area (Å²) in [6.07, 6.45) is 0. The zero-order valence-electron chi connectivity index (χ0n) is 7.30. The Labute approximate surface area is 82.9 Å². The molecule has 0 aliphatic heterocycles. The Balaban J connectivity index is 2.92. The zero-order valence-corrected chi connectivity index (χ0v) is 7.30. The van der Waals surface area contributed by atoms with E-state index in [2.05, 4.69) is 14.8 Å². The third kappa shape index (κ3) is 3.24. The van der Waals surface area contributed by atoms with Crippen molar-refractivity contribution in [2.24, 2.45) is 5.11 Å². The summed E-state index contributed by atoms with van der Waals surface area (Å²) < 4.78 is 27.7. The quantitative estimate of drug-likeness (QED) is 0.439. The molecule has 0 aliphatic carbocycles. The minimum absolute atomic E-state index is 0.00838. The highest BCUT2D eigenvalue weighted by Crippen LogP contribution is 2.16. The number of rotatable bonds is 3. The molecular weight excluding hydrogens is 208 g/mol. The van der Waals surface area contributed by atoms with Gasteiger partial charge in [-0.15, -0.1) is 0 Å². The van der Waals surface area contributed by atoms with Gasteiger partial charge in [-0.1, -0.05) is 12.1 Å². The van der Waals surface area contributed by atoms with Crippen LogP contribution in [0, 0.1) is 0 Å². The van der Waals surface area contributed by atoms with Gasteiger partial charge in [0.2, 0.25) is 5.91 Å². The van der Waals surface area contributed by atoms with Crippen LogP contribution in [0.5, 0.6) is 5.75 Å². The molecule has 0 saturated carbocycles. The van der Waals surface area contributed by atoms with Gasteiger partial charge in [0.05, 0.1) is 0 Å². The molecule has 0 fully saturated rings. The maximum atomic E-state index is 11.8. The average molecular weight is 213 g/mol. The summed E-state index contributed by atoms with van der Waals surface area (Å²) >= 11 is 0. The number of carbonyl (C=O) groups excluding carboxylic acids is 1. The molecule has 1 rings (SSSR count). The second-order valence-corrected chi connectivity index (χ2v) is 2.40. The Morgan fingerprint density at radius 2 is 2.27 bits per heavy atom. The number of ether oxygens (including phenoxy) is 1. The fourth-order valence-electron chi connectivity index (χ4n) is 0.904. The van der Waals surface area contributed by atoms with Gasteiger partial charge in [0.15, 0.2) is 0 Å². The predicted molar refractivity (Wildman–Crippen MR) is 46.6 cm³/mol. The Hall–Kier alpha value is -2.14. The lowest BCUT2D eigenvalue weighted by atomic mass is 10.2. The second-order valence-electron chi connectivity index (χ2n) is 2.40. The first-order valence-electron chi connectivity index (χ1n) is 3.78. The first-order chi connectivity index (χ1) is 7.13. The molecule has 0 unspecified atom stereocenters. The lowest BCUT2D eigenvalue weighted by Crippen LogP contribution is -2.03. The summed E-state index contributed by atoms with van der Waals surface area (Å²) in [6, 6.07) is 5.01. The summed E-state index contributed by atoms with van der Waals surface area (Å²) in [5.74, 6) is -1.01. The number of hydrogen-bond donors (Lipinski definition) is 0. The highest BCUT2D eigenvalue weighted by Gasteiger charge is 2.07. The molecule has 7 heteroatoms. The zero-order chi connectivity index (χ0) is 11.3. The van der Waals surface area contributed by atoms with E-state index in [4.69, 9.17) is 5.53 Å². The number of carbonyl (C=O) groups is 1. The molecule has 0 aromatic heterocycles. The molecule has 0 heterocycles. The molecule has 0 radical (unpaired) electrons. The summed E-state index contributed by atoms with van der Waals surface area (Å²) in [5, 5.41) is 2.81. The largest absolute Gasteiger partial charge is 0.435 e. The van der Waals surface area contributed by atoms with Crippen molar-refractivity contribution in [3.05, 3.63) is 40.3 Å². The fraction of sp³-hybridized carbons (Fsp3) is 0.125. The second kappa shape index (κ2) is 4.92. The van der Waals surface area contributed by atoms with Crippen molar-refractivity contribution < 1.29 is 18.3 Å². The predicted octanol–water partition coefficient (Wildman–Crippen LogP) is 2.74. The van der Waals surface area contributed by atoms with Crippen LogP contribution in [-0.2, 0) is 0 Å². The highest BCUT2D eigenvalue weighted by atomic mass is 19.3. The molecule has 0 spiro atoms. The number of benzene rings is 1. The van der Waals surface area contributed by atoms with Crippen LogP contribution in [-0.4, -0.2) is 12.5 Å². The molecule has 1 aromatic carbocycles. The Morgan fingerprint density at radius 1 is 1.53 bits per heavy atom. The van der Waals surface area contributed by atoms with Gasteiger partial charge in [-0.2, -0.15) is 8.78 Å². The smallest absolute Gasteiger partial charge is 0.387 e. The van der Waals surface area contributed by atoms with Gasteiger partial charge in [-0.05, 0) is 22.8 Å². The van der Waals surface area contributed by atoms with Crippen molar-refractivity contribution in [1.82, 2.24) is 0 Å². The number of hydrogen-bond acceptors (Lipinski definition) is 2. The van der Waals surface area contributed by atoms with Crippen LogP contribution in [0.15, 0.2) is 29.4 Å². The summed E-state index contributed by atoms with van der Waals surface area (Å²) in [5.41, 5.74) is 7.99. The van der Waals surface area contributed by atoms with E-state index in [1.807, 2.05) is 0 Å². The topological polar surface area (TPSA) is 75.1 Å². The monoisotopic (exact) mass is 213 g/mol. The van der Waals surface area contributed by atoms with Gasteiger partial charge in [0, 0.05) is 10.5 Å². The van der Waals surface area contributed by atoms with Crippen molar-refractivity contribution in [3.8, 4) is 5.75 Å². The van der Waals surface area contributed by atoms with E-state index < -0.39 is 12.5 Å². The minimum Gasteiger partial charge on any atom is -0.435 e. The van der Waals surface area contributed by atoms with E-state index in [-0.39, 0.29) is 11.3 Å². The van der Waals surface area contributed by atoms with Crippen LogP contribution in [0.25, 0.3) is 10.4 Å². The average Bonchev–Trinajstić information content (AvgIpc) is 2.17. The van der Waals surface area contributed by atoms with E-state index in [9.17, 15) is 13.6 Å². The van der Waals surface area contributed by atoms with E-state index in [0.717, 1.165) is 6.07 Å². The van der Waals surface area contributed by atoms with Gasteiger partial charge < -0.3 is 4.74 Å². The number of nitrogens with zero attached hydrogens (tertiary/aromatic N) is 3. The lowest BCUT2D eigenvalue weighted by Gasteiger charge is -2.04. The van der Waals surface area contributed by atoms with Crippen molar-refractivity contribution in [2.45, 2.75) is 6.61 Å². The Kier molecular flexibility index (Phi) is 3.59. The van der Waals surface area contributed by atoms with Crippen LogP contribution in [0.3, 0.4) is 0 Å². The van der Waals surface area contributed by atoms with E-state index >= 15 is 0 Å².